The third-order valence-corrected chi connectivity index (χ3v) is 3.89. The smallest absolute Gasteiger partial charge is 0.383 e. The largest absolute Gasteiger partial charge is 0.414 e. The summed E-state index contributed by atoms with van der Waals surface area (Å²) in [5.41, 5.74) is 1.11. The Bertz CT molecular complexity index is 450. The fraction of sp³-hybridized carbons (Fsp3) is 0.500. The van der Waals surface area contributed by atoms with Crippen LogP contribution in [0, 0.1) is 5.92 Å². The molecule has 1 saturated heterocycles. The van der Waals surface area contributed by atoms with Crippen LogP contribution in [0.3, 0.4) is 0 Å². The highest BCUT2D eigenvalue weighted by molar-refractivity contribution is 5.48. The number of alkyl halides is 3. The van der Waals surface area contributed by atoms with Gasteiger partial charge in [-0.05, 0) is 37.4 Å². The van der Waals surface area contributed by atoms with Gasteiger partial charge in [0.2, 0.25) is 0 Å². The van der Waals surface area contributed by atoms with E-state index in [2.05, 4.69) is 4.90 Å². The molecule has 1 aromatic rings. The van der Waals surface area contributed by atoms with Crippen molar-refractivity contribution in [3.8, 4) is 0 Å². The molecule has 1 fully saturated rings. The van der Waals surface area contributed by atoms with Crippen LogP contribution in [-0.2, 0) is 0 Å². The summed E-state index contributed by atoms with van der Waals surface area (Å²) >= 11 is 0. The summed E-state index contributed by atoms with van der Waals surface area (Å²) in [6.45, 7) is 1.91. The number of piperidine rings is 1. The Morgan fingerprint density at radius 1 is 1.19 bits per heavy atom. The first-order valence-corrected chi connectivity index (χ1v) is 7.15. The maximum absolute atomic E-state index is 12.4. The lowest BCUT2D eigenvalue weighted by atomic mass is 9.91. The fourth-order valence-corrected chi connectivity index (χ4v) is 2.62. The molecule has 1 aliphatic heterocycles. The van der Waals surface area contributed by atoms with Crippen molar-refractivity contribution in [1.29, 1.82) is 0 Å². The number of aliphatic hydroxyl groups excluding tert-OH is 1. The van der Waals surface area contributed by atoms with E-state index in [1.165, 1.54) is 0 Å². The van der Waals surface area contributed by atoms with Gasteiger partial charge in [-0.25, -0.2) is 0 Å². The van der Waals surface area contributed by atoms with Gasteiger partial charge < -0.3 is 5.11 Å². The van der Waals surface area contributed by atoms with E-state index >= 15 is 0 Å². The fourth-order valence-electron chi connectivity index (χ4n) is 2.62. The molecular formula is C16H20F3NO. The molecular weight excluding hydrogens is 279 g/mol. The number of rotatable bonds is 4. The molecule has 5 heteroatoms. The van der Waals surface area contributed by atoms with Gasteiger partial charge >= 0.3 is 6.18 Å². The predicted octanol–water partition coefficient (Wildman–Crippen LogP) is 3.34. The summed E-state index contributed by atoms with van der Waals surface area (Å²) in [4.78, 5) is 2.11. The SMILES string of the molecule is OC(C1CCN(C/C=C/c2ccccc2)CC1)C(F)(F)F. The van der Waals surface area contributed by atoms with E-state index in [1.54, 1.807) is 0 Å². The van der Waals surface area contributed by atoms with Gasteiger partial charge in [0.1, 0.15) is 0 Å². The first kappa shape index (κ1) is 16.0. The highest BCUT2D eigenvalue weighted by Crippen LogP contribution is 2.31. The molecule has 0 aliphatic carbocycles. The molecule has 1 aliphatic rings. The van der Waals surface area contributed by atoms with Crippen LogP contribution in [0.25, 0.3) is 6.08 Å². The van der Waals surface area contributed by atoms with E-state index in [1.807, 2.05) is 42.5 Å². The first-order valence-electron chi connectivity index (χ1n) is 7.15. The molecule has 0 aromatic heterocycles. The van der Waals surface area contributed by atoms with E-state index in [9.17, 15) is 18.3 Å². The van der Waals surface area contributed by atoms with Gasteiger partial charge in [0.15, 0.2) is 6.10 Å². The van der Waals surface area contributed by atoms with Gasteiger partial charge in [-0.1, -0.05) is 42.5 Å². The van der Waals surface area contributed by atoms with Gasteiger partial charge in [-0.15, -0.1) is 0 Å². The summed E-state index contributed by atoms with van der Waals surface area (Å²) < 4.78 is 37.3. The van der Waals surface area contributed by atoms with Crippen LogP contribution >= 0.6 is 0 Å². The van der Waals surface area contributed by atoms with Crippen LogP contribution in [0.15, 0.2) is 36.4 Å². The van der Waals surface area contributed by atoms with E-state index < -0.39 is 18.2 Å². The molecule has 21 heavy (non-hydrogen) atoms. The van der Waals surface area contributed by atoms with Gasteiger partial charge in [-0.2, -0.15) is 13.2 Å². The topological polar surface area (TPSA) is 23.5 Å². The molecule has 0 radical (unpaired) electrons. The Hall–Kier alpha value is -1.33. The molecule has 2 rings (SSSR count). The normalized spacial score (nSPS) is 20.0. The van der Waals surface area contributed by atoms with Crippen molar-refractivity contribution in [1.82, 2.24) is 4.90 Å². The molecule has 2 nitrogen and oxygen atoms in total. The maximum Gasteiger partial charge on any atom is 0.414 e. The van der Waals surface area contributed by atoms with E-state index in [0.29, 0.717) is 25.9 Å². The van der Waals surface area contributed by atoms with Crippen molar-refractivity contribution in [2.45, 2.75) is 25.1 Å². The monoisotopic (exact) mass is 299 g/mol. The Balaban J connectivity index is 1.76. The van der Waals surface area contributed by atoms with Crippen LogP contribution in [0.2, 0.25) is 0 Å². The number of benzene rings is 1. The molecule has 1 unspecified atom stereocenters. The number of likely N-dealkylation sites (tertiary alicyclic amines) is 1. The molecule has 1 N–H and O–H groups in total. The molecule has 116 valence electrons. The second-order valence-corrected chi connectivity index (χ2v) is 5.44. The number of hydrogen-bond donors (Lipinski definition) is 1. The third-order valence-electron chi connectivity index (χ3n) is 3.89. The van der Waals surface area contributed by atoms with E-state index in [-0.39, 0.29) is 0 Å². The molecule has 1 atom stereocenters. The van der Waals surface area contributed by atoms with Crippen molar-refractivity contribution in [2.24, 2.45) is 5.92 Å². The first-order chi connectivity index (χ1) is 9.97. The molecule has 1 aromatic carbocycles. The Morgan fingerprint density at radius 2 is 1.81 bits per heavy atom. The minimum atomic E-state index is -4.50. The Morgan fingerprint density at radius 3 is 2.38 bits per heavy atom. The number of halogens is 3. The molecule has 0 saturated carbocycles. The minimum absolute atomic E-state index is 0.389. The van der Waals surface area contributed by atoms with Crippen LogP contribution in [-0.4, -0.2) is 41.9 Å². The van der Waals surface area contributed by atoms with Crippen molar-refractivity contribution in [2.75, 3.05) is 19.6 Å². The zero-order chi connectivity index (χ0) is 15.3. The average molecular weight is 299 g/mol. The minimum Gasteiger partial charge on any atom is -0.383 e. The summed E-state index contributed by atoms with van der Waals surface area (Å²) in [5.74, 6) is -0.667. The summed E-state index contributed by atoms with van der Waals surface area (Å²) in [7, 11) is 0. The highest BCUT2D eigenvalue weighted by Gasteiger charge is 2.43. The zero-order valence-electron chi connectivity index (χ0n) is 11.8. The van der Waals surface area contributed by atoms with Gasteiger partial charge in [0.25, 0.3) is 0 Å². The van der Waals surface area contributed by atoms with Gasteiger partial charge in [-0.3, -0.25) is 4.90 Å². The standard InChI is InChI=1S/C16H20F3NO/c17-16(18,19)15(21)14-8-11-20(12-9-14)10-4-7-13-5-2-1-3-6-13/h1-7,14-15,21H,8-12H2/b7-4+. The van der Waals surface area contributed by atoms with Crippen molar-refractivity contribution < 1.29 is 18.3 Å². The lowest BCUT2D eigenvalue weighted by Gasteiger charge is -2.34. The van der Waals surface area contributed by atoms with E-state index in [4.69, 9.17) is 0 Å². The summed E-state index contributed by atoms with van der Waals surface area (Å²) in [5, 5.41) is 9.26. The maximum atomic E-state index is 12.4. The van der Waals surface area contributed by atoms with Crippen molar-refractivity contribution in [3.63, 3.8) is 0 Å². The lowest BCUT2D eigenvalue weighted by Crippen LogP contribution is -2.43. The van der Waals surface area contributed by atoms with Gasteiger partial charge in [0, 0.05) is 6.54 Å². The Labute approximate surface area is 122 Å². The number of aliphatic hydroxyl groups is 1. The second-order valence-electron chi connectivity index (χ2n) is 5.44. The van der Waals surface area contributed by atoms with Crippen molar-refractivity contribution >= 4 is 6.08 Å². The van der Waals surface area contributed by atoms with Crippen LogP contribution < -0.4 is 0 Å². The quantitative estimate of drug-likeness (QED) is 0.922. The number of nitrogens with zero attached hydrogens (tertiary/aromatic N) is 1. The van der Waals surface area contributed by atoms with E-state index in [0.717, 1.165) is 12.1 Å². The summed E-state index contributed by atoms with van der Waals surface area (Å²) in [6.07, 6.45) is -1.87. The second kappa shape index (κ2) is 7.09. The molecule has 0 amide bonds. The Kier molecular flexibility index (Phi) is 5.42. The summed E-state index contributed by atoms with van der Waals surface area (Å²) in [6, 6.07) is 9.88. The predicted molar refractivity (Wildman–Crippen MR) is 76.7 cm³/mol. The van der Waals surface area contributed by atoms with Gasteiger partial charge in [0.05, 0.1) is 0 Å². The highest BCUT2D eigenvalue weighted by atomic mass is 19.4. The average Bonchev–Trinajstić information content (AvgIpc) is 2.47. The van der Waals surface area contributed by atoms with Crippen LogP contribution in [0.5, 0.6) is 0 Å². The van der Waals surface area contributed by atoms with Crippen LogP contribution in [0.1, 0.15) is 18.4 Å². The molecule has 0 spiro atoms. The molecule has 0 bridgehead atoms. The molecule has 1 heterocycles. The van der Waals surface area contributed by atoms with Crippen LogP contribution in [0.4, 0.5) is 13.2 Å². The third kappa shape index (κ3) is 4.86. The number of hydrogen-bond acceptors (Lipinski definition) is 2. The lowest BCUT2D eigenvalue weighted by molar-refractivity contribution is -0.222. The zero-order valence-corrected chi connectivity index (χ0v) is 11.8. The van der Waals surface area contributed by atoms with Crippen molar-refractivity contribution in [3.05, 3.63) is 42.0 Å².